The Morgan fingerprint density at radius 3 is 2.25 bits per heavy atom. The molecule has 2 rings (SSSR count). The Balaban J connectivity index is 1.92. The molecule has 1 aromatic rings. The lowest BCUT2D eigenvalue weighted by molar-refractivity contribution is 0.206. The third kappa shape index (κ3) is 4.22. The molecule has 0 unspecified atom stereocenters. The van der Waals surface area contributed by atoms with Gasteiger partial charge in [-0.15, -0.1) is 0 Å². The maximum absolute atomic E-state index is 5.33. The predicted molar refractivity (Wildman–Crippen MR) is 91.3 cm³/mol. The topological polar surface area (TPSA) is 21.3 Å². The molecule has 4 heteroatoms. The molecule has 1 aliphatic carbocycles. The van der Waals surface area contributed by atoms with Crippen LogP contribution < -0.4 is 10.1 Å². The summed E-state index contributed by atoms with van der Waals surface area (Å²) in [6.07, 6.45) is 5.21. The van der Waals surface area contributed by atoms with Crippen molar-refractivity contribution < 1.29 is 4.74 Å². The molecule has 1 aromatic carbocycles. The molecule has 0 bridgehead atoms. The molecule has 0 atom stereocenters. The number of ether oxygens (including phenoxy) is 1. The van der Waals surface area contributed by atoms with Crippen LogP contribution in [0.5, 0.6) is 5.75 Å². The highest BCUT2D eigenvalue weighted by atomic mass is 79.9. The van der Waals surface area contributed by atoms with E-state index in [1.165, 1.54) is 31.2 Å². The van der Waals surface area contributed by atoms with Gasteiger partial charge in [0, 0.05) is 12.6 Å². The van der Waals surface area contributed by atoms with Gasteiger partial charge in [0.25, 0.3) is 0 Å². The lowest BCUT2D eigenvalue weighted by Gasteiger charge is -2.34. The van der Waals surface area contributed by atoms with E-state index >= 15 is 0 Å². The zero-order valence-corrected chi connectivity index (χ0v) is 15.6. The van der Waals surface area contributed by atoms with Gasteiger partial charge in [0.15, 0.2) is 0 Å². The summed E-state index contributed by atoms with van der Waals surface area (Å²) in [4.78, 5) is 0. The monoisotopic (exact) mass is 403 g/mol. The van der Waals surface area contributed by atoms with E-state index in [2.05, 4.69) is 63.2 Å². The minimum Gasteiger partial charge on any atom is -0.494 e. The van der Waals surface area contributed by atoms with Crippen molar-refractivity contribution in [3.05, 3.63) is 26.6 Å². The summed E-state index contributed by atoms with van der Waals surface area (Å²) in [5.74, 6) is 0.855. The summed E-state index contributed by atoms with van der Waals surface area (Å²) in [6.45, 7) is 5.66. The first-order valence-electron chi connectivity index (χ1n) is 7.16. The fraction of sp³-hybridized carbons (Fsp3) is 0.625. The summed E-state index contributed by atoms with van der Waals surface area (Å²) >= 11 is 7.11. The van der Waals surface area contributed by atoms with Gasteiger partial charge >= 0.3 is 0 Å². The van der Waals surface area contributed by atoms with Gasteiger partial charge in [-0.3, -0.25) is 0 Å². The Labute approximate surface area is 138 Å². The van der Waals surface area contributed by atoms with Crippen LogP contribution in [0.1, 0.15) is 45.1 Å². The fourth-order valence-electron chi connectivity index (χ4n) is 2.78. The average Bonchev–Trinajstić information content (AvgIpc) is 2.37. The van der Waals surface area contributed by atoms with Crippen LogP contribution in [0.2, 0.25) is 0 Å². The molecule has 1 saturated carbocycles. The van der Waals surface area contributed by atoms with Crippen LogP contribution in [0.15, 0.2) is 21.1 Å². The Morgan fingerprint density at radius 1 is 1.20 bits per heavy atom. The summed E-state index contributed by atoms with van der Waals surface area (Å²) in [5.41, 5.74) is 1.80. The van der Waals surface area contributed by atoms with Crippen molar-refractivity contribution in [1.29, 1.82) is 0 Å². The number of hydrogen-bond acceptors (Lipinski definition) is 2. The quantitative estimate of drug-likeness (QED) is 0.736. The molecule has 0 amide bonds. The molecule has 1 N–H and O–H groups in total. The first-order valence-corrected chi connectivity index (χ1v) is 8.75. The van der Waals surface area contributed by atoms with Crippen LogP contribution in [-0.2, 0) is 6.54 Å². The van der Waals surface area contributed by atoms with E-state index < -0.39 is 0 Å². The Hall–Kier alpha value is -0.0600. The largest absolute Gasteiger partial charge is 0.494 e. The SMILES string of the molecule is COc1c(Br)cc(CNC2CCC(C)(C)CC2)cc1Br. The van der Waals surface area contributed by atoms with Crippen molar-refractivity contribution >= 4 is 31.9 Å². The fourth-order valence-corrected chi connectivity index (χ4v) is 4.38. The van der Waals surface area contributed by atoms with Gasteiger partial charge in [-0.25, -0.2) is 0 Å². The zero-order valence-electron chi connectivity index (χ0n) is 12.4. The van der Waals surface area contributed by atoms with E-state index in [-0.39, 0.29) is 0 Å². The molecule has 0 spiro atoms. The number of hydrogen-bond donors (Lipinski definition) is 1. The second-order valence-electron chi connectivity index (χ2n) is 6.41. The van der Waals surface area contributed by atoms with Gasteiger partial charge in [0.05, 0.1) is 16.1 Å². The van der Waals surface area contributed by atoms with E-state index in [9.17, 15) is 0 Å². The van der Waals surface area contributed by atoms with Gasteiger partial charge in [-0.1, -0.05) is 13.8 Å². The number of nitrogens with one attached hydrogen (secondary N) is 1. The number of methoxy groups -OCH3 is 1. The molecular weight excluding hydrogens is 382 g/mol. The van der Waals surface area contributed by atoms with Gasteiger partial charge in [0.1, 0.15) is 5.75 Å². The number of rotatable bonds is 4. The van der Waals surface area contributed by atoms with Gasteiger partial charge in [0.2, 0.25) is 0 Å². The van der Waals surface area contributed by atoms with Crippen LogP contribution in [0, 0.1) is 5.41 Å². The maximum Gasteiger partial charge on any atom is 0.147 e. The third-order valence-corrected chi connectivity index (χ3v) is 5.37. The van der Waals surface area contributed by atoms with E-state index in [1.807, 2.05) is 0 Å². The number of halogens is 2. The highest BCUT2D eigenvalue weighted by Gasteiger charge is 2.26. The predicted octanol–water partition coefficient (Wildman–Crippen LogP) is 5.28. The van der Waals surface area contributed by atoms with Crippen LogP contribution in [-0.4, -0.2) is 13.2 Å². The Bertz CT molecular complexity index is 441. The summed E-state index contributed by atoms with van der Waals surface area (Å²) in [7, 11) is 1.69. The van der Waals surface area contributed by atoms with Crippen molar-refractivity contribution in [2.24, 2.45) is 5.41 Å². The van der Waals surface area contributed by atoms with Crippen LogP contribution in [0.4, 0.5) is 0 Å². The van der Waals surface area contributed by atoms with Crippen LogP contribution in [0.25, 0.3) is 0 Å². The molecule has 1 fully saturated rings. The molecule has 112 valence electrons. The smallest absolute Gasteiger partial charge is 0.147 e. The first-order chi connectivity index (χ1) is 9.41. The standard InChI is InChI=1S/C16H23Br2NO/c1-16(2)6-4-12(5-7-16)19-10-11-8-13(17)15(20-3)14(18)9-11/h8-9,12,19H,4-7,10H2,1-3H3. The molecule has 2 nitrogen and oxygen atoms in total. The van der Waals surface area contributed by atoms with Crippen molar-refractivity contribution in [3.63, 3.8) is 0 Å². The molecule has 0 heterocycles. The van der Waals surface area contributed by atoms with Crippen LogP contribution in [0.3, 0.4) is 0 Å². The molecule has 0 aliphatic heterocycles. The second-order valence-corrected chi connectivity index (χ2v) is 8.12. The van der Waals surface area contributed by atoms with Gasteiger partial charge in [-0.05, 0) is 80.7 Å². The van der Waals surface area contributed by atoms with Crippen molar-refractivity contribution in [2.75, 3.05) is 7.11 Å². The van der Waals surface area contributed by atoms with Crippen LogP contribution >= 0.6 is 31.9 Å². The molecule has 0 saturated heterocycles. The maximum atomic E-state index is 5.33. The van der Waals surface area contributed by atoms with Gasteiger partial charge in [-0.2, -0.15) is 0 Å². The lowest BCUT2D eigenvalue weighted by atomic mass is 9.75. The Kier molecular flexibility index (Phi) is 5.55. The highest BCUT2D eigenvalue weighted by Crippen LogP contribution is 2.36. The molecular formula is C16H23Br2NO. The summed E-state index contributed by atoms with van der Waals surface area (Å²) in [5, 5.41) is 3.69. The minimum atomic E-state index is 0.532. The minimum absolute atomic E-state index is 0.532. The molecule has 0 radical (unpaired) electrons. The van der Waals surface area contributed by atoms with E-state index in [0.717, 1.165) is 21.2 Å². The van der Waals surface area contributed by atoms with Gasteiger partial charge < -0.3 is 10.1 Å². The second kappa shape index (κ2) is 6.80. The number of benzene rings is 1. The van der Waals surface area contributed by atoms with Crippen molar-refractivity contribution in [2.45, 2.75) is 52.1 Å². The zero-order chi connectivity index (χ0) is 14.8. The van der Waals surface area contributed by atoms with E-state index in [0.29, 0.717) is 11.5 Å². The first kappa shape index (κ1) is 16.3. The molecule has 0 aromatic heterocycles. The van der Waals surface area contributed by atoms with Crippen molar-refractivity contribution in [3.8, 4) is 5.75 Å². The Morgan fingerprint density at radius 2 is 1.75 bits per heavy atom. The summed E-state index contributed by atoms with van der Waals surface area (Å²) in [6, 6.07) is 4.91. The molecule has 20 heavy (non-hydrogen) atoms. The lowest BCUT2D eigenvalue weighted by Crippen LogP contribution is -2.35. The van der Waals surface area contributed by atoms with Crippen molar-refractivity contribution in [1.82, 2.24) is 5.32 Å². The highest BCUT2D eigenvalue weighted by molar-refractivity contribution is 9.11. The van der Waals surface area contributed by atoms with E-state index in [1.54, 1.807) is 7.11 Å². The van der Waals surface area contributed by atoms with E-state index in [4.69, 9.17) is 4.74 Å². The third-order valence-electron chi connectivity index (χ3n) is 4.20. The average molecular weight is 405 g/mol. The normalized spacial score (nSPS) is 19.1. The summed E-state index contributed by atoms with van der Waals surface area (Å²) < 4.78 is 7.33. The molecule has 1 aliphatic rings.